The molecule has 0 bridgehead atoms. The minimum absolute atomic E-state index is 0.254. The average Bonchev–Trinajstić information content (AvgIpc) is 2.16. The highest BCUT2D eigenvalue weighted by Gasteiger charge is 2.22. The van der Waals surface area contributed by atoms with Crippen LogP contribution in [0.3, 0.4) is 0 Å². The van der Waals surface area contributed by atoms with Crippen LogP contribution in [0.2, 0.25) is 0 Å². The van der Waals surface area contributed by atoms with Crippen LogP contribution < -0.4 is 11.1 Å². The Hall–Kier alpha value is -1.03. The fourth-order valence-electron chi connectivity index (χ4n) is 0.993. The van der Waals surface area contributed by atoms with Gasteiger partial charge in [0.1, 0.15) is 5.84 Å². The van der Waals surface area contributed by atoms with E-state index in [1.165, 1.54) is 0 Å². The van der Waals surface area contributed by atoms with E-state index >= 15 is 0 Å². The predicted molar refractivity (Wildman–Crippen MR) is 59.5 cm³/mol. The molecule has 0 saturated carbocycles. The maximum Gasteiger partial charge on any atom is 0.144 e. The average molecular weight is 199 g/mol. The maximum absolute atomic E-state index is 8.54. The molecule has 0 spiro atoms. The molecule has 0 aromatic carbocycles. The summed E-state index contributed by atoms with van der Waals surface area (Å²) >= 11 is 0. The first-order valence-electron chi connectivity index (χ1n) is 4.84. The highest BCUT2D eigenvalue weighted by Crippen LogP contribution is 2.19. The van der Waals surface area contributed by atoms with E-state index in [1.807, 2.05) is 19.9 Å². The van der Waals surface area contributed by atoms with Crippen molar-refractivity contribution in [3.05, 3.63) is 12.7 Å². The smallest absolute Gasteiger partial charge is 0.144 e. The second kappa shape index (κ2) is 6.43. The zero-order chi connectivity index (χ0) is 11.0. The van der Waals surface area contributed by atoms with E-state index in [1.54, 1.807) is 0 Å². The maximum atomic E-state index is 8.54. The van der Waals surface area contributed by atoms with Crippen LogP contribution in [0.5, 0.6) is 0 Å². The van der Waals surface area contributed by atoms with Gasteiger partial charge in [0.2, 0.25) is 0 Å². The lowest BCUT2D eigenvalue weighted by atomic mass is 9.88. The van der Waals surface area contributed by atoms with Crippen LogP contribution in [0.1, 0.15) is 26.7 Å². The van der Waals surface area contributed by atoms with Gasteiger partial charge in [0, 0.05) is 5.41 Å². The van der Waals surface area contributed by atoms with Gasteiger partial charge in [0.05, 0.1) is 0 Å². The summed E-state index contributed by atoms with van der Waals surface area (Å²) in [6.45, 7) is 9.33. The van der Waals surface area contributed by atoms with Crippen molar-refractivity contribution in [1.29, 1.82) is 0 Å². The van der Waals surface area contributed by atoms with Crippen molar-refractivity contribution in [3.8, 4) is 0 Å². The third kappa shape index (κ3) is 4.87. The van der Waals surface area contributed by atoms with Crippen LogP contribution in [0.4, 0.5) is 0 Å². The Kier molecular flexibility index (Phi) is 5.95. The molecule has 0 aliphatic heterocycles. The van der Waals surface area contributed by atoms with Crippen LogP contribution in [0.15, 0.2) is 17.8 Å². The van der Waals surface area contributed by atoms with Crippen LogP contribution in [-0.4, -0.2) is 24.1 Å². The molecule has 0 aliphatic carbocycles. The van der Waals surface area contributed by atoms with E-state index in [2.05, 4.69) is 17.1 Å². The first-order chi connectivity index (χ1) is 6.54. The summed E-state index contributed by atoms with van der Waals surface area (Å²) < 4.78 is 0. The summed E-state index contributed by atoms with van der Waals surface area (Å²) in [5.74, 6) is 0.281. The molecular formula is C10H21N3O. The Balaban J connectivity index is 3.71. The number of nitrogens with one attached hydrogen (secondary N) is 1. The van der Waals surface area contributed by atoms with Gasteiger partial charge < -0.3 is 16.3 Å². The van der Waals surface area contributed by atoms with Crippen LogP contribution in [0, 0.1) is 5.41 Å². The monoisotopic (exact) mass is 199 g/mol. The number of amidine groups is 1. The van der Waals surface area contributed by atoms with Crippen molar-refractivity contribution in [2.75, 3.05) is 13.1 Å². The molecule has 0 heterocycles. The Labute approximate surface area is 85.9 Å². The largest absolute Gasteiger partial charge is 0.409 e. The molecule has 0 fully saturated rings. The molecule has 4 heteroatoms. The van der Waals surface area contributed by atoms with Gasteiger partial charge in [-0.3, -0.25) is 0 Å². The molecule has 0 amide bonds. The lowest BCUT2D eigenvalue weighted by Gasteiger charge is -2.22. The van der Waals surface area contributed by atoms with Gasteiger partial charge in [-0.1, -0.05) is 25.1 Å². The summed E-state index contributed by atoms with van der Waals surface area (Å²) in [6, 6.07) is 0. The van der Waals surface area contributed by atoms with E-state index in [0.29, 0.717) is 0 Å². The fourth-order valence-corrected chi connectivity index (χ4v) is 0.993. The van der Waals surface area contributed by atoms with E-state index in [9.17, 15) is 0 Å². The number of hydrogen-bond donors (Lipinski definition) is 3. The summed E-state index contributed by atoms with van der Waals surface area (Å²) in [5, 5.41) is 14.8. The molecule has 0 aromatic heterocycles. The Morgan fingerprint density at radius 2 is 2.21 bits per heavy atom. The molecular weight excluding hydrogens is 178 g/mol. The van der Waals surface area contributed by atoms with Crippen molar-refractivity contribution in [3.63, 3.8) is 0 Å². The standard InChI is InChI=1S/C10H21N3O/c1-4-5-7-12-8-6-10(2,3)9(11)13-14/h4,12,14H,1,5-8H2,2-3H3,(H2,11,13). The van der Waals surface area contributed by atoms with Crippen molar-refractivity contribution < 1.29 is 5.21 Å². The fraction of sp³-hybridized carbons (Fsp3) is 0.700. The van der Waals surface area contributed by atoms with E-state index in [4.69, 9.17) is 10.9 Å². The van der Waals surface area contributed by atoms with Crippen molar-refractivity contribution in [2.45, 2.75) is 26.7 Å². The Morgan fingerprint density at radius 1 is 1.57 bits per heavy atom. The first-order valence-corrected chi connectivity index (χ1v) is 4.84. The minimum atomic E-state index is -0.254. The number of nitrogens with two attached hydrogens (primary N) is 1. The van der Waals surface area contributed by atoms with Crippen molar-refractivity contribution in [2.24, 2.45) is 16.3 Å². The molecule has 0 aromatic rings. The molecule has 4 nitrogen and oxygen atoms in total. The molecule has 0 atom stereocenters. The molecule has 0 unspecified atom stereocenters. The topological polar surface area (TPSA) is 70.6 Å². The molecule has 0 radical (unpaired) electrons. The van der Waals surface area contributed by atoms with Gasteiger partial charge in [-0.25, -0.2) is 0 Å². The summed E-state index contributed by atoms with van der Waals surface area (Å²) in [6.07, 6.45) is 3.69. The van der Waals surface area contributed by atoms with Crippen molar-refractivity contribution in [1.82, 2.24) is 5.32 Å². The predicted octanol–water partition coefficient (Wildman–Crippen LogP) is 1.31. The van der Waals surface area contributed by atoms with E-state index in [-0.39, 0.29) is 11.3 Å². The van der Waals surface area contributed by atoms with Crippen molar-refractivity contribution >= 4 is 5.84 Å². The van der Waals surface area contributed by atoms with Gasteiger partial charge in [-0.2, -0.15) is 0 Å². The van der Waals surface area contributed by atoms with Gasteiger partial charge in [0.15, 0.2) is 0 Å². The van der Waals surface area contributed by atoms with Crippen LogP contribution >= 0.6 is 0 Å². The lowest BCUT2D eigenvalue weighted by Crippen LogP contribution is -2.35. The Bertz CT molecular complexity index is 200. The summed E-state index contributed by atoms with van der Waals surface area (Å²) in [4.78, 5) is 0. The normalized spacial score (nSPS) is 12.9. The van der Waals surface area contributed by atoms with Crippen LogP contribution in [0.25, 0.3) is 0 Å². The highest BCUT2D eigenvalue weighted by atomic mass is 16.4. The van der Waals surface area contributed by atoms with E-state index in [0.717, 1.165) is 25.9 Å². The second-order valence-corrected chi connectivity index (χ2v) is 3.95. The van der Waals surface area contributed by atoms with E-state index < -0.39 is 0 Å². The zero-order valence-corrected chi connectivity index (χ0v) is 9.08. The molecule has 0 aliphatic rings. The van der Waals surface area contributed by atoms with Crippen LogP contribution in [-0.2, 0) is 0 Å². The molecule has 82 valence electrons. The molecule has 0 saturated heterocycles. The minimum Gasteiger partial charge on any atom is -0.409 e. The quantitative estimate of drug-likeness (QED) is 0.145. The summed E-state index contributed by atoms with van der Waals surface area (Å²) in [7, 11) is 0. The summed E-state index contributed by atoms with van der Waals surface area (Å²) in [5.41, 5.74) is 5.29. The third-order valence-corrected chi connectivity index (χ3v) is 2.25. The third-order valence-electron chi connectivity index (χ3n) is 2.25. The second-order valence-electron chi connectivity index (χ2n) is 3.95. The first kappa shape index (κ1) is 13.0. The molecule has 14 heavy (non-hydrogen) atoms. The molecule has 0 rings (SSSR count). The zero-order valence-electron chi connectivity index (χ0n) is 9.08. The highest BCUT2D eigenvalue weighted by molar-refractivity contribution is 5.85. The number of hydrogen-bond acceptors (Lipinski definition) is 3. The van der Waals surface area contributed by atoms with Gasteiger partial charge in [0.25, 0.3) is 0 Å². The lowest BCUT2D eigenvalue weighted by molar-refractivity contribution is 0.305. The number of rotatable bonds is 7. The van der Waals surface area contributed by atoms with Gasteiger partial charge in [-0.15, -0.1) is 6.58 Å². The van der Waals surface area contributed by atoms with Gasteiger partial charge in [-0.05, 0) is 25.9 Å². The molecule has 4 N–H and O–H groups in total. The Morgan fingerprint density at radius 3 is 2.71 bits per heavy atom. The number of oxime groups is 1. The van der Waals surface area contributed by atoms with Gasteiger partial charge >= 0.3 is 0 Å². The number of nitrogens with zero attached hydrogens (tertiary/aromatic N) is 1. The SMILES string of the molecule is C=CCCNCCC(C)(C)/C(N)=N/O.